The summed E-state index contributed by atoms with van der Waals surface area (Å²) in [5.74, 6) is -0.458. The summed E-state index contributed by atoms with van der Waals surface area (Å²) in [6, 6.07) is 4.60. The molecule has 1 aromatic rings. The van der Waals surface area contributed by atoms with E-state index in [0.717, 1.165) is 0 Å². The van der Waals surface area contributed by atoms with E-state index in [4.69, 9.17) is 27.7 Å². The summed E-state index contributed by atoms with van der Waals surface area (Å²) in [7, 11) is 13.1. The van der Waals surface area contributed by atoms with Gasteiger partial charge in [0.2, 0.25) is 0 Å². The minimum absolute atomic E-state index is 0.154. The molecule has 0 aliphatic heterocycles. The number of carbonyl (C=O) groups is 1. The van der Waals surface area contributed by atoms with E-state index >= 15 is 0 Å². The van der Waals surface area contributed by atoms with E-state index in [0.29, 0.717) is 9.32 Å². The van der Waals surface area contributed by atoms with Crippen LogP contribution in [0.4, 0.5) is 0 Å². The van der Waals surface area contributed by atoms with Gasteiger partial charge < -0.3 is 0 Å². The number of halogens is 3. The molecular formula is C8H7Cl2IO3. The number of carboxylic acids is 1. The SMILES string of the molecule is COc1ccc(C(=O)O)c(I(Cl)Cl)c1. The fourth-order valence-electron chi connectivity index (χ4n) is 0.914. The van der Waals surface area contributed by atoms with Crippen LogP contribution in [-0.4, -0.2) is 18.2 Å². The van der Waals surface area contributed by atoms with Gasteiger partial charge in [0.15, 0.2) is 0 Å². The molecule has 78 valence electrons. The Hall–Kier alpha value is -0.200. The molecule has 0 amide bonds. The molecule has 1 N–H and O–H groups in total. The van der Waals surface area contributed by atoms with Crippen molar-refractivity contribution in [2.24, 2.45) is 0 Å². The van der Waals surface area contributed by atoms with E-state index in [1.54, 1.807) is 12.1 Å². The van der Waals surface area contributed by atoms with Gasteiger partial charge in [-0.2, -0.15) is 0 Å². The number of hydrogen-bond donors (Lipinski definition) is 1. The van der Waals surface area contributed by atoms with Gasteiger partial charge in [0.25, 0.3) is 0 Å². The summed E-state index contributed by atoms with van der Waals surface area (Å²) in [5, 5.41) is 8.85. The molecule has 6 heteroatoms. The van der Waals surface area contributed by atoms with Crippen LogP contribution in [0.15, 0.2) is 18.2 Å². The van der Waals surface area contributed by atoms with Crippen molar-refractivity contribution >= 4 is 41.3 Å². The Morgan fingerprint density at radius 2 is 2.14 bits per heavy atom. The second-order valence-corrected chi connectivity index (χ2v) is 9.45. The molecule has 0 saturated carbocycles. The average Bonchev–Trinajstić information content (AvgIpc) is 2.16. The standard InChI is InChI=1S/C8H7Cl2IO3/c1-14-5-2-3-6(8(12)13)7(4-5)11(9)10/h2-4H,1H3,(H,12,13). The zero-order valence-corrected chi connectivity index (χ0v) is 10.8. The quantitative estimate of drug-likeness (QED) is 0.852. The van der Waals surface area contributed by atoms with Crippen molar-refractivity contribution in [1.29, 1.82) is 0 Å². The van der Waals surface area contributed by atoms with Crippen molar-refractivity contribution in [3.8, 4) is 5.75 Å². The molecular weight excluding hydrogens is 342 g/mol. The van der Waals surface area contributed by atoms with Gasteiger partial charge in [-0.3, -0.25) is 0 Å². The van der Waals surface area contributed by atoms with Gasteiger partial charge in [0, 0.05) is 0 Å². The molecule has 0 spiro atoms. The van der Waals surface area contributed by atoms with Crippen molar-refractivity contribution in [3.63, 3.8) is 0 Å². The zero-order chi connectivity index (χ0) is 10.7. The molecule has 0 bridgehead atoms. The Kier molecular flexibility index (Phi) is 4.28. The van der Waals surface area contributed by atoms with E-state index in [-0.39, 0.29) is 5.56 Å². The van der Waals surface area contributed by atoms with Crippen LogP contribution in [0.5, 0.6) is 5.75 Å². The van der Waals surface area contributed by atoms with E-state index < -0.39 is 23.5 Å². The number of methoxy groups -OCH3 is 1. The van der Waals surface area contributed by atoms with Crippen molar-refractivity contribution < 1.29 is 14.6 Å². The zero-order valence-electron chi connectivity index (χ0n) is 7.13. The summed E-state index contributed by atoms with van der Waals surface area (Å²) in [5.41, 5.74) is 0.154. The van der Waals surface area contributed by atoms with E-state index in [1.807, 2.05) is 0 Å². The molecule has 1 aromatic carbocycles. The molecule has 0 aliphatic carbocycles. The topological polar surface area (TPSA) is 46.5 Å². The van der Waals surface area contributed by atoms with Crippen LogP contribution in [0.2, 0.25) is 0 Å². The fourth-order valence-corrected chi connectivity index (χ4v) is 3.89. The number of aromatic carboxylic acids is 1. The first-order valence-electron chi connectivity index (χ1n) is 3.50. The van der Waals surface area contributed by atoms with Gasteiger partial charge in [-0.1, -0.05) is 0 Å². The second kappa shape index (κ2) is 5.04. The third-order valence-electron chi connectivity index (χ3n) is 1.56. The Bertz CT molecular complexity index is 354. The molecule has 0 aromatic heterocycles. The summed E-state index contributed by atoms with van der Waals surface area (Å²) in [4.78, 5) is 10.8. The summed E-state index contributed by atoms with van der Waals surface area (Å²) in [6.45, 7) is 0. The monoisotopic (exact) mass is 348 g/mol. The molecule has 14 heavy (non-hydrogen) atoms. The van der Waals surface area contributed by atoms with Crippen molar-refractivity contribution in [2.45, 2.75) is 0 Å². The molecule has 0 fully saturated rings. The van der Waals surface area contributed by atoms with Crippen LogP contribution in [0.1, 0.15) is 10.4 Å². The van der Waals surface area contributed by atoms with Crippen LogP contribution in [0.25, 0.3) is 0 Å². The molecule has 0 atom stereocenters. The van der Waals surface area contributed by atoms with Crippen LogP contribution in [-0.2, 0) is 0 Å². The first kappa shape index (κ1) is 11.9. The normalized spacial score (nSPS) is 10.9. The Balaban J connectivity index is 3.24. The summed E-state index contributed by atoms with van der Waals surface area (Å²) in [6.07, 6.45) is 0. The van der Waals surface area contributed by atoms with Gasteiger partial charge in [0.05, 0.1) is 0 Å². The van der Waals surface area contributed by atoms with E-state index in [2.05, 4.69) is 0 Å². The van der Waals surface area contributed by atoms with Crippen LogP contribution in [0, 0.1) is 3.57 Å². The third-order valence-corrected chi connectivity index (χ3v) is 5.40. The van der Waals surface area contributed by atoms with Crippen LogP contribution in [0.3, 0.4) is 0 Å². The van der Waals surface area contributed by atoms with E-state index in [1.165, 1.54) is 13.2 Å². The van der Waals surface area contributed by atoms with Crippen LogP contribution >= 0.6 is 35.4 Å². The molecule has 0 unspecified atom stereocenters. The maximum atomic E-state index is 10.8. The number of hydrogen-bond acceptors (Lipinski definition) is 2. The predicted octanol–water partition coefficient (Wildman–Crippen LogP) is 3.38. The molecule has 1 rings (SSSR count). The predicted molar refractivity (Wildman–Crippen MR) is 64.4 cm³/mol. The molecule has 0 aliphatic rings. The second-order valence-electron chi connectivity index (χ2n) is 2.35. The van der Waals surface area contributed by atoms with Gasteiger partial charge in [0.1, 0.15) is 0 Å². The minimum atomic E-state index is -2.35. The molecule has 0 saturated heterocycles. The average molecular weight is 349 g/mol. The van der Waals surface area contributed by atoms with Crippen molar-refractivity contribution in [1.82, 2.24) is 0 Å². The van der Waals surface area contributed by atoms with Crippen molar-refractivity contribution in [2.75, 3.05) is 7.11 Å². The number of benzene rings is 1. The van der Waals surface area contributed by atoms with Gasteiger partial charge >= 0.3 is 96.2 Å². The molecule has 0 heterocycles. The first-order chi connectivity index (χ1) is 6.56. The van der Waals surface area contributed by atoms with Crippen molar-refractivity contribution in [3.05, 3.63) is 27.3 Å². The third kappa shape index (κ3) is 2.65. The number of carboxylic acid groups (broad SMARTS) is 1. The summed E-state index contributed by atoms with van der Waals surface area (Å²) < 4.78 is 5.44. The maximum absolute atomic E-state index is 10.8. The fraction of sp³-hybridized carbons (Fsp3) is 0.125. The Morgan fingerprint density at radius 3 is 2.57 bits per heavy atom. The van der Waals surface area contributed by atoms with Gasteiger partial charge in [-0.05, 0) is 0 Å². The van der Waals surface area contributed by atoms with Gasteiger partial charge in [-0.15, -0.1) is 0 Å². The molecule has 3 nitrogen and oxygen atoms in total. The number of ether oxygens (including phenoxy) is 1. The Labute approximate surface area is 95.8 Å². The molecule has 0 radical (unpaired) electrons. The Morgan fingerprint density at radius 1 is 1.50 bits per heavy atom. The first-order valence-corrected chi connectivity index (χ1v) is 10.0. The van der Waals surface area contributed by atoms with Crippen LogP contribution < -0.4 is 4.74 Å². The van der Waals surface area contributed by atoms with E-state index in [9.17, 15) is 4.79 Å². The summed E-state index contributed by atoms with van der Waals surface area (Å²) >= 11 is -2.35. The number of rotatable bonds is 3. The van der Waals surface area contributed by atoms with Gasteiger partial charge in [-0.25, -0.2) is 0 Å².